The minimum atomic E-state index is -0.248. The molecular formula is C26H27Cl2N5O2. The van der Waals surface area contributed by atoms with E-state index < -0.39 is 0 Å². The molecule has 4 aromatic rings. The lowest BCUT2D eigenvalue weighted by molar-refractivity contribution is -0.00286. The van der Waals surface area contributed by atoms with E-state index in [0.717, 1.165) is 12.2 Å². The lowest BCUT2D eigenvalue weighted by atomic mass is 10.1. The van der Waals surface area contributed by atoms with Crippen molar-refractivity contribution in [3.63, 3.8) is 0 Å². The fourth-order valence-electron chi connectivity index (χ4n) is 3.99. The Morgan fingerprint density at radius 3 is 2.37 bits per heavy atom. The molecule has 5 rings (SSSR count). The van der Waals surface area contributed by atoms with E-state index in [9.17, 15) is 9.90 Å². The number of nitrogens with zero attached hydrogens (tertiary/aromatic N) is 4. The van der Waals surface area contributed by atoms with Crippen LogP contribution in [0.4, 0.5) is 11.6 Å². The summed E-state index contributed by atoms with van der Waals surface area (Å²) < 4.78 is 1.47. The van der Waals surface area contributed by atoms with Crippen LogP contribution in [0.25, 0.3) is 22.2 Å². The Morgan fingerprint density at radius 1 is 1.09 bits per heavy atom. The van der Waals surface area contributed by atoms with Gasteiger partial charge in [0.2, 0.25) is 5.95 Å². The van der Waals surface area contributed by atoms with E-state index >= 15 is 0 Å². The molecule has 1 aliphatic rings. The number of nitrogens with one attached hydrogen (secondary N) is 1. The Labute approximate surface area is 214 Å². The fourth-order valence-corrected chi connectivity index (χ4v) is 4.59. The Morgan fingerprint density at radius 2 is 1.74 bits per heavy atom. The van der Waals surface area contributed by atoms with Crippen LogP contribution in [0.3, 0.4) is 0 Å². The molecule has 0 bridgehead atoms. The van der Waals surface area contributed by atoms with Crippen LogP contribution in [0.2, 0.25) is 10.0 Å². The molecule has 2 aromatic carbocycles. The third-order valence-electron chi connectivity index (χ3n) is 5.73. The van der Waals surface area contributed by atoms with Crippen LogP contribution in [0.1, 0.15) is 19.4 Å². The van der Waals surface area contributed by atoms with Gasteiger partial charge in [0.1, 0.15) is 5.65 Å². The summed E-state index contributed by atoms with van der Waals surface area (Å²) in [4.78, 5) is 24.2. The van der Waals surface area contributed by atoms with Crippen molar-refractivity contribution in [1.29, 1.82) is 0 Å². The Hall–Kier alpha value is -2.97. The summed E-state index contributed by atoms with van der Waals surface area (Å²) >= 11 is 12.6. The molecule has 0 atom stereocenters. The minimum Gasteiger partial charge on any atom is -0.390 e. The standard InChI is InChI=1S/C24H21Cl2N5O2.C2H6/c1-30-22-15(9-18(23(30)33)21-19(25)3-2-4-20(21)26)10-27-24(29-22)28-16-7-5-14(6-8-16)11-31-12-17(32)13-31;1-2/h2-10,17,32H,11-13H2,1H3,(H,27,28,29);1-2H3. The number of hydrogen-bond donors (Lipinski definition) is 2. The van der Waals surface area contributed by atoms with Gasteiger partial charge < -0.3 is 10.4 Å². The predicted octanol–water partition coefficient (Wildman–Crippen LogP) is 5.25. The number of rotatable bonds is 5. The van der Waals surface area contributed by atoms with Gasteiger partial charge in [-0.1, -0.05) is 55.2 Å². The molecule has 1 aliphatic heterocycles. The van der Waals surface area contributed by atoms with Crippen LogP contribution in [-0.4, -0.2) is 43.7 Å². The summed E-state index contributed by atoms with van der Waals surface area (Å²) in [5.74, 6) is 0.389. The highest BCUT2D eigenvalue weighted by molar-refractivity contribution is 6.39. The number of aliphatic hydroxyl groups is 1. The van der Waals surface area contributed by atoms with Gasteiger partial charge in [-0.25, -0.2) is 4.98 Å². The van der Waals surface area contributed by atoms with Crippen LogP contribution in [0, 0.1) is 0 Å². The second kappa shape index (κ2) is 10.7. The molecule has 0 aliphatic carbocycles. The first kappa shape index (κ1) is 25.1. The lowest BCUT2D eigenvalue weighted by Crippen LogP contribution is -2.49. The number of aliphatic hydroxyl groups excluding tert-OH is 1. The molecule has 0 unspecified atom stereocenters. The van der Waals surface area contributed by atoms with Gasteiger partial charge in [0.05, 0.1) is 21.7 Å². The van der Waals surface area contributed by atoms with Crippen molar-refractivity contribution in [2.45, 2.75) is 26.5 Å². The molecule has 1 saturated heterocycles. The molecule has 2 N–H and O–H groups in total. The zero-order valence-electron chi connectivity index (χ0n) is 19.8. The number of hydrogen-bond acceptors (Lipinski definition) is 6. The first-order valence-electron chi connectivity index (χ1n) is 11.5. The van der Waals surface area contributed by atoms with Crippen LogP contribution < -0.4 is 10.9 Å². The average molecular weight is 512 g/mol. The van der Waals surface area contributed by atoms with Gasteiger partial charge in [0.25, 0.3) is 5.56 Å². The molecule has 7 nitrogen and oxygen atoms in total. The predicted molar refractivity (Wildman–Crippen MR) is 143 cm³/mol. The van der Waals surface area contributed by atoms with Crippen LogP contribution in [-0.2, 0) is 13.6 Å². The minimum absolute atomic E-state index is 0.204. The number of pyridine rings is 1. The van der Waals surface area contributed by atoms with Gasteiger partial charge >= 0.3 is 0 Å². The van der Waals surface area contributed by atoms with Crippen molar-refractivity contribution < 1.29 is 5.11 Å². The smallest absolute Gasteiger partial charge is 0.259 e. The molecule has 0 amide bonds. The van der Waals surface area contributed by atoms with Crippen LogP contribution >= 0.6 is 23.2 Å². The van der Waals surface area contributed by atoms with Crippen molar-refractivity contribution in [2.24, 2.45) is 7.05 Å². The third kappa shape index (κ3) is 5.33. The topological polar surface area (TPSA) is 83.3 Å². The Bertz CT molecular complexity index is 1380. The van der Waals surface area contributed by atoms with E-state index in [0.29, 0.717) is 51.2 Å². The van der Waals surface area contributed by atoms with E-state index in [1.165, 1.54) is 10.1 Å². The maximum atomic E-state index is 13.1. The van der Waals surface area contributed by atoms with Gasteiger partial charge in [-0.2, -0.15) is 4.98 Å². The highest BCUT2D eigenvalue weighted by atomic mass is 35.5. The van der Waals surface area contributed by atoms with Gasteiger partial charge in [-0.3, -0.25) is 14.3 Å². The van der Waals surface area contributed by atoms with Crippen molar-refractivity contribution in [2.75, 3.05) is 18.4 Å². The zero-order chi connectivity index (χ0) is 25.1. The first-order chi connectivity index (χ1) is 16.9. The maximum Gasteiger partial charge on any atom is 0.259 e. The average Bonchev–Trinajstić information content (AvgIpc) is 2.84. The third-order valence-corrected chi connectivity index (χ3v) is 6.36. The second-order valence-corrected chi connectivity index (χ2v) is 8.98. The Kier molecular flexibility index (Phi) is 7.72. The SMILES string of the molecule is CC.Cn1c(=O)c(-c2c(Cl)cccc2Cl)cc2cnc(Nc3ccc(CN4CC(O)C4)cc3)nc21. The van der Waals surface area contributed by atoms with E-state index in [4.69, 9.17) is 23.2 Å². The van der Waals surface area contributed by atoms with E-state index in [2.05, 4.69) is 20.2 Å². The monoisotopic (exact) mass is 511 g/mol. The summed E-state index contributed by atoms with van der Waals surface area (Å²) in [7, 11) is 1.66. The summed E-state index contributed by atoms with van der Waals surface area (Å²) in [5, 5.41) is 14.1. The number of anilines is 2. The van der Waals surface area contributed by atoms with Crippen molar-refractivity contribution in [3.8, 4) is 11.1 Å². The van der Waals surface area contributed by atoms with E-state index in [1.54, 1.807) is 37.5 Å². The van der Waals surface area contributed by atoms with Gasteiger partial charge in [0, 0.05) is 49.5 Å². The number of aryl methyl sites for hydroxylation is 1. The van der Waals surface area contributed by atoms with Crippen molar-refractivity contribution in [1.82, 2.24) is 19.4 Å². The second-order valence-electron chi connectivity index (χ2n) is 8.16. The molecule has 0 radical (unpaired) electrons. The summed E-state index contributed by atoms with van der Waals surface area (Å²) in [5.41, 5.74) is 3.15. The number of fused-ring (bicyclic) bond motifs is 1. The molecule has 3 heterocycles. The highest BCUT2D eigenvalue weighted by Gasteiger charge is 2.23. The van der Waals surface area contributed by atoms with Gasteiger partial charge in [-0.15, -0.1) is 0 Å². The maximum absolute atomic E-state index is 13.1. The normalized spacial score (nSPS) is 13.8. The molecule has 35 heavy (non-hydrogen) atoms. The molecule has 1 fully saturated rings. The first-order valence-corrected chi connectivity index (χ1v) is 12.2. The fraction of sp³-hybridized carbons (Fsp3) is 0.269. The molecular weight excluding hydrogens is 485 g/mol. The van der Waals surface area contributed by atoms with Crippen molar-refractivity contribution >= 4 is 45.9 Å². The number of likely N-dealkylation sites (tertiary alicyclic amines) is 1. The van der Waals surface area contributed by atoms with Crippen molar-refractivity contribution in [3.05, 3.63) is 80.7 Å². The zero-order valence-corrected chi connectivity index (χ0v) is 21.3. The van der Waals surface area contributed by atoms with E-state index in [-0.39, 0.29) is 11.7 Å². The van der Waals surface area contributed by atoms with Gasteiger partial charge in [0.15, 0.2) is 0 Å². The lowest BCUT2D eigenvalue weighted by Gasteiger charge is -2.35. The number of benzene rings is 2. The summed E-state index contributed by atoms with van der Waals surface area (Å²) in [6.07, 6.45) is 1.46. The molecule has 182 valence electrons. The van der Waals surface area contributed by atoms with E-state index in [1.807, 2.05) is 38.1 Å². The quantitative estimate of drug-likeness (QED) is 0.380. The van der Waals surface area contributed by atoms with Crippen LogP contribution in [0.5, 0.6) is 0 Å². The molecule has 2 aromatic heterocycles. The Balaban J connectivity index is 0.00000141. The molecule has 0 spiro atoms. The highest BCUT2D eigenvalue weighted by Crippen LogP contribution is 2.33. The van der Waals surface area contributed by atoms with Gasteiger partial charge in [-0.05, 0) is 35.9 Å². The number of aromatic nitrogens is 3. The number of halogens is 2. The largest absolute Gasteiger partial charge is 0.390 e. The summed E-state index contributed by atoms with van der Waals surface area (Å²) in [6.45, 7) is 6.24. The number of β-amino-alcohol motifs (C(OH)–C–C–N with tert-alkyl or cyclic N) is 1. The van der Waals surface area contributed by atoms with Crippen LogP contribution in [0.15, 0.2) is 59.5 Å². The molecule has 9 heteroatoms. The summed E-state index contributed by atoms with van der Waals surface area (Å²) in [6, 6.07) is 14.8. The molecule has 0 saturated carbocycles.